The van der Waals surface area contributed by atoms with E-state index in [0.717, 1.165) is 5.01 Å². The maximum absolute atomic E-state index is 12.0. The third-order valence-electron chi connectivity index (χ3n) is 2.35. The molecule has 1 amide bonds. The number of nitrogens with zero attached hydrogens (tertiary/aromatic N) is 2. The van der Waals surface area contributed by atoms with Crippen LogP contribution in [-0.2, 0) is 0 Å². The Hall–Kier alpha value is -2.28. The second-order valence-electron chi connectivity index (χ2n) is 3.84. The van der Waals surface area contributed by atoms with E-state index in [1.54, 1.807) is 6.92 Å². The monoisotopic (exact) mass is 277 g/mol. The van der Waals surface area contributed by atoms with Gasteiger partial charge in [-0.05, 0) is 26.0 Å². The molecular weight excluding hydrogens is 266 g/mol. The number of hydrogen-bond donors (Lipinski definition) is 2. The predicted molar refractivity (Wildman–Crippen MR) is 70.7 cm³/mol. The Morgan fingerprint density at radius 2 is 2.11 bits per heavy atom. The molecule has 0 aliphatic heterocycles. The van der Waals surface area contributed by atoms with Crippen molar-refractivity contribution >= 4 is 28.9 Å². The van der Waals surface area contributed by atoms with E-state index in [4.69, 9.17) is 5.11 Å². The van der Waals surface area contributed by atoms with Crippen LogP contribution >= 0.6 is 11.3 Å². The van der Waals surface area contributed by atoms with Crippen molar-refractivity contribution in [2.75, 3.05) is 5.32 Å². The summed E-state index contributed by atoms with van der Waals surface area (Å²) in [5, 5.41) is 12.3. The van der Waals surface area contributed by atoms with Crippen LogP contribution in [0.3, 0.4) is 0 Å². The maximum Gasteiger partial charge on any atom is 0.354 e. The van der Waals surface area contributed by atoms with Gasteiger partial charge < -0.3 is 10.4 Å². The van der Waals surface area contributed by atoms with Crippen molar-refractivity contribution in [3.63, 3.8) is 0 Å². The van der Waals surface area contributed by atoms with Crippen molar-refractivity contribution in [3.05, 3.63) is 39.6 Å². The topological polar surface area (TPSA) is 92.2 Å². The largest absolute Gasteiger partial charge is 0.477 e. The molecule has 7 heteroatoms. The van der Waals surface area contributed by atoms with E-state index in [-0.39, 0.29) is 11.6 Å². The summed E-state index contributed by atoms with van der Waals surface area (Å²) in [6.07, 6.45) is 1.34. The molecule has 2 aromatic heterocycles. The van der Waals surface area contributed by atoms with E-state index in [0.29, 0.717) is 16.3 Å². The number of amides is 1. The Morgan fingerprint density at radius 1 is 1.37 bits per heavy atom. The van der Waals surface area contributed by atoms with Gasteiger partial charge >= 0.3 is 5.97 Å². The minimum atomic E-state index is -1.14. The molecule has 6 nitrogen and oxygen atoms in total. The van der Waals surface area contributed by atoms with Gasteiger partial charge in [-0.25, -0.2) is 14.8 Å². The molecule has 0 aliphatic rings. The van der Waals surface area contributed by atoms with Gasteiger partial charge in [-0.3, -0.25) is 4.79 Å². The molecule has 0 radical (unpaired) electrons. The molecule has 0 fully saturated rings. The van der Waals surface area contributed by atoms with E-state index in [1.807, 2.05) is 6.92 Å². The molecule has 0 bridgehead atoms. The number of nitrogens with one attached hydrogen (secondary N) is 1. The summed E-state index contributed by atoms with van der Waals surface area (Å²) in [4.78, 5) is 31.2. The number of hydrogen-bond acceptors (Lipinski definition) is 5. The Labute approximate surface area is 113 Å². The summed E-state index contributed by atoms with van der Waals surface area (Å²) in [5.74, 6) is -1.44. The molecule has 0 spiro atoms. The summed E-state index contributed by atoms with van der Waals surface area (Å²) >= 11 is 1.30. The van der Waals surface area contributed by atoms with E-state index in [1.165, 1.54) is 29.7 Å². The lowest BCUT2D eigenvalue weighted by molar-refractivity contribution is 0.0690. The van der Waals surface area contributed by atoms with Crippen LogP contribution in [0, 0.1) is 13.8 Å². The quantitative estimate of drug-likeness (QED) is 0.896. The van der Waals surface area contributed by atoms with Gasteiger partial charge in [-0.1, -0.05) is 0 Å². The van der Waals surface area contributed by atoms with Gasteiger partial charge in [0.15, 0.2) is 0 Å². The second kappa shape index (κ2) is 5.15. The number of carboxylic acids is 1. The number of thiazole rings is 1. The molecule has 2 aromatic rings. The van der Waals surface area contributed by atoms with Crippen LogP contribution in [0.25, 0.3) is 0 Å². The first-order valence-electron chi connectivity index (χ1n) is 5.42. The van der Waals surface area contributed by atoms with E-state index >= 15 is 0 Å². The second-order valence-corrected chi connectivity index (χ2v) is 5.04. The Kier molecular flexibility index (Phi) is 3.57. The van der Waals surface area contributed by atoms with Gasteiger partial charge in [0, 0.05) is 11.9 Å². The molecule has 19 heavy (non-hydrogen) atoms. The third kappa shape index (κ3) is 2.94. The van der Waals surface area contributed by atoms with Gasteiger partial charge in [0.2, 0.25) is 0 Å². The Morgan fingerprint density at radius 3 is 2.68 bits per heavy atom. The van der Waals surface area contributed by atoms with Gasteiger partial charge in [0.1, 0.15) is 10.6 Å². The number of pyridine rings is 1. The molecule has 98 valence electrons. The number of anilines is 1. The van der Waals surface area contributed by atoms with Crippen molar-refractivity contribution < 1.29 is 14.7 Å². The number of carboxylic acid groups (broad SMARTS) is 1. The highest BCUT2D eigenvalue weighted by atomic mass is 32.1. The van der Waals surface area contributed by atoms with Gasteiger partial charge in [-0.15, -0.1) is 11.3 Å². The maximum atomic E-state index is 12.0. The van der Waals surface area contributed by atoms with Crippen molar-refractivity contribution in [3.8, 4) is 0 Å². The number of aromatic carboxylic acids is 1. The fraction of sp³-hybridized carbons (Fsp3) is 0.167. The average molecular weight is 277 g/mol. The van der Waals surface area contributed by atoms with Crippen LogP contribution in [0.4, 0.5) is 5.69 Å². The smallest absolute Gasteiger partial charge is 0.354 e. The van der Waals surface area contributed by atoms with Crippen LogP contribution in [0.15, 0.2) is 18.3 Å². The molecule has 0 atom stereocenters. The van der Waals surface area contributed by atoms with Gasteiger partial charge in [-0.2, -0.15) is 0 Å². The highest BCUT2D eigenvalue weighted by molar-refractivity contribution is 7.13. The van der Waals surface area contributed by atoms with Crippen LogP contribution in [0.1, 0.15) is 30.9 Å². The summed E-state index contributed by atoms with van der Waals surface area (Å²) in [7, 11) is 0. The minimum absolute atomic E-state index is 0.116. The lowest BCUT2D eigenvalue weighted by Gasteiger charge is -2.04. The molecule has 2 N–H and O–H groups in total. The van der Waals surface area contributed by atoms with Crippen LogP contribution in [0.5, 0.6) is 0 Å². The fourth-order valence-corrected chi connectivity index (χ4v) is 2.37. The highest BCUT2D eigenvalue weighted by Crippen LogP contribution is 2.19. The fourth-order valence-electron chi connectivity index (χ4n) is 1.56. The molecule has 0 saturated heterocycles. The molecular formula is C12H11N3O3S. The van der Waals surface area contributed by atoms with Crippen molar-refractivity contribution in [2.24, 2.45) is 0 Å². The van der Waals surface area contributed by atoms with Crippen LogP contribution in [0.2, 0.25) is 0 Å². The Bertz CT molecular complexity index is 651. The summed E-state index contributed by atoms with van der Waals surface area (Å²) < 4.78 is 0. The van der Waals surface area contributed by atoms with Gasteiger partial charge in [0.25, 0.3) is 5.91 Å². The zero-order valence-corrected chi connectivity index (χ0v) is 11.1. The molecule has 0 aromatic carbocycles. The normalized spacial score (nSPS) is 10.2. The van der Waals surface area contributed by atoms with E-state index in [2.05, 4.69) is 15.3 Å². The SMILES string of the molecule is Cc1nc(C)c(C(=O)Nc2ccnc(C(=O)O)c2)s1. The summed E-state index contributed by atoms with van der Waals surface area (Å²) in [6, 6.07) is 2.84. The lowest BCUT2D eigenvalue weighted by atomic mass is 10.3. The van der Waals surface area contributed by atoms with Gasteiger partial charge in [0.05, 0.1) is 10.7 Å². The Balaban J connectivity index is 2.21. The summed E-state index contributed by atoms with van der Waals surface area (Å²) in [6.45, 7) is 3.58. The highest BCUT2D eigenvalue weighted by Gasteiger charge is 2.14. The first-order valence-corrected chi connectivity index (χ1v) is 6.23. The van der Waals surface area contributed by atoms with Crippen LogP contribution in [-0.4, -0.2) is 27.0 Å². The molecule has 0 saturated carbocycles. The first-order chi connectivity index (χ1) is 8.97. The number of carbonyl (C=O) groups is 2. The zero-order chi connectivity index (χ0) is 14.0. The standard InChI is InChI=1S/C12H11N3O3S/c1-6-10(19-7(2)14-6)11(16)15-8-3-4-13-9(5-8)12(17)18/h3-5H,1-2H3,(H,17,18)(H,13,15,16). The zero-order valence-electron chi connectivity index (χ0n) is 10.3. The van der Waals surface area contributed by atoms with Crippen molar-refractivity contribution in [1.29, 1.82) is 0 Å². The van der Waals surface area contributed by atoms with E-state index < -0.39 is 5.97 Å². The number of rotatable bonds is 3. The minimum Gasteiger partial charge on any atom is -0.477 e. The van der Waals surface area contributed by atoms with E-state index in [9.17, 15) is 9.59 Å². The van der Waals surface area contributed by atoms with Crippen molar-refractivity contribution in [1.82, 2.24) is 9.97 Å². The number of carbonyl (C=O) groups excluding carboxylic acids is 1. The lowest BCUT2D eigenvalue weighted by Crippen LogP contribution is -2.12. The number of aryl methyl sites for hydroxylation is 2. The van der Waals surface area contributed by atoms with Crippen LogP contribution < -0.4 is 5.32 Å². The predicted octanol–water partition coefficient (Wildman–Crippen LogP) is 2.11. The third-order valence-corrected chi connectivity index (χ3v) is 3.42. The molecule has 2 rings (SSSR count). The molecule has 0 aliphatic carbocycles. The number of aromatic nitrogens is 2. The first kappa shape index (κ1) is 13.2. The van der Waals surface area contributed by atoms with Crippen molar-refractivity contribution in [2.45, 2.75) is 13.8 Å². The average Bonchev–Trinajstić information content (AvgIpc) is 2.69. The molecule has 2 heterocycles. The summed E-state index contributed by atoms with van der Waals surface area (Å²) in [5.41, 5.74) is 0.936. The molecule has 0 unspecified atom stereocenters.